The van der Waals surface area contributed by atoms with Gasteiger partial charge < -0.3 is 0 Å². The van der Waals surface area contributed by atoms with Crippen molar-refractivity contribution in [3.8, 4) is 6.07 Å². The van der Waals surface area contributed by atoms with Crippen LogP contribution < -0.4 is 0 Å². The minimum Gasteiger partial charge on any atom is -0.192 e. The number of thioether (sulfide) groups is 1. The summed E-state index contributed by atoms with van der Waals surface area (Å²) in [6.07, 6.45) is 1.97. The molecule has 1 aromatic heterocycles. The molecule has 0 aliphatic heterocycles. The number of fused-ring (bicyclic) bond motifs is 1. The Morgan fingerprint density at radius 3 is 2.93 bits per heavy atom. The molecule has 0 aliphatic carbocycles. The molecule has 0 aliphatic rings. The van der Waals surface area contributed by atoms with Gasteiger partial charge in [-0.1, -0.05) is 17.7 Å². The zero-order chi connectivity index (χ0) is 10.1. The van der Waals surface area contributed by atoms with Gasteiger partial charge in [0.1, 0.15) is 6.07 Å². The number of halogens is 1. The number of rotatable bonds is 1. The van der Waals surface area contributed by atoms with Crippen LogP contribution in [0.2, 0.25) is 5.02 Å². The van der Waals surface area contributed by atoms with Crippen LogP contribution in [0.25, 0.3) is 10.1 Å². The van der Waals surface area contributed by atoms with Crippen LogP contribution in [0.1, 0.15) is 5.56 Å². The van der Waals surface area contributed by atoms with E-state index in [4.69, 9.17) is 16.9 Å². The number of nitrogens with zero attached hydrogens (tertiary/aromatic N) is 1. The molecule has 0 unspecified atom stereocenters. The average Bonchev–Trinajstić information content (AvgIpc) is 2.56. The standard InChI is InChI=1S/C10H6ClNS2/c1-13-10-6(5-12)9-7(11)3-2-4-8(9)14-10/h2-4H,1H3. The molecule has 70 valence electrons. The molecule has 0 amide bonds. The molecule has 1 aromatic carbocycles. The Balaban J connectivity index is 2.90. The normalized spacial score (nSPS) is 10.4. The molecule has 0 saturated carbocycles. The summed E-state index contributed by atoms with van der Waals surface area (Å²) < 4.78 is 2.12. The van der Waals surface area contributed by atoms with Crippen LogP contribution in [-0.2, 0) is 0 Å². The van der Waals surface area contributed by atoms with E-state index in [0.717, 1.165) is 14.3 Å². The van der Waals surface area contributed by atoms with Crippen LogP contribution >= 0.6 is 34.7 Å². The zero-order valence-corrected chi connectivity index (χ0v) is 9.76. The van der Waals surface area contributed by atoms with Gasteiger partial charge >= 0.3 is 0 Å². The predicted octanol–water partition coefficient (Wildman–Crippen LogP) is 4.15. The number of hydrogen-bond donors (Lipinski definition) is 0. The summed E-state index contributed by atoms with van der Waals surface area (Å²) in [5.41, 5.74) is 0.711. The molecule has 14 heavy (non-hydrogen) atoms. The van der Waals surface area contributed by atoms with Gasteiger partial charge in [0.25, 0.3) is 0 Å². The topological polar surface area (TPSA) is 23.8 Å². The van der Waals surface area contributed by atoms with Crippen LogP contribution in [-0.4, -0.2) is 6.26 Å². The van der Waals surface area contributed by atoms with Crippen molar-refractivity contribution in [2.75, 3.05) is 6.26 Å². The van der Waals surface area contributed by atoms with Gasteiger partial charge in [0, 0.05) is 10.1 Å². The number of benzene rings is 1. The maximum absolute atomic E-state index is 9.05. The van der Waals surface area contributed by atoms with Crippen molar-refractivity contribution >= 4 is 44.8 Å². The second-order valence-electron chi connectivity index (χ2n) is 2.69. The zero-order valence-electron chi connectivity index (χ0n) is 7.37. The van der Waals surface area contributed by atoms with Crippen molar-refractivity contribution in [2.24, 2.45) is 0 Å². The van der Waals surface area contributed by atoms with Gasteiger partial charge in [-0.2, -0.15) is 5.26 Å². The first-order chi connectivity index (χ1) is 6.77. The molecule has 0 N–H and O–H groups in total. The van der Waals surface area contributed by atoms with Gasteiger partial charge in [0.2, 0.25) is 0 Å². The highest BCUT2D eigenvalue weighted by Gasteiger charge is 2.13. The fourth-order valence-corrected chi connectivity index (χ4v) is 3.52. The molecule has 0 atom stereocenters. The summed E-state index contributed by atoms with van der Waals surface area (Å²) in [6, 6.07) is 7.94. The van der Waals surface area contributed by atoms with Gasteiger partial charge in [0.05, 0.1) is 14.8 Å². The van der Waals surface area contributed by atoms with Crippen molar-refractivity contribution < 1.29 is 0 Å². The minimum atomic E-state index is 0.663. The third kappa shape index (κ3) is 1.40. The van der Waals surface area contributed by atoms with E-state index in [1.54, 1.807) is 23.1 Å². The van der Waals surface area contributed by atoms with E-state index in [1.165, 1.54) is 0 Å². The number of nitriles is 1. The molecule has 0 radical (unpaired) electrons. The van der Waals surface area contributed by atoms with Crippen molar-refractivity contribution in [2.45, 2.75) is 4.21 Å². The van der Waals surface area contributed by atoms with Crippen LogP contribution in [0.5, 0.6) is 0 Å². The van der Waals surface area contributed by atoms with E-state index >= 15 is 0 Å². The van der Waals surface area contributed by atoms with E-state index in [-0.39, 0.29) is 0 Å². The van der Waals surface area contributed by atoms with Crippen LogP contribution in [0.15, 0.2) is 22.4 Å². The van der Waals surface area contributed by atoms with Crippen molar-refractivity contribution in [1.82, 2.24) is 0 Å². The Kier molecular flexibility index (Phi) is 2.69. The van der Waals surface area contributed by atoms with E-state index in [1.807, 2.05) is 24.5 Å². The average molecular weight is 240 g/mol. The van der Waals surface area contributed by atoms with Crippen molar-refractivity contribution in [1.29, 1.82) is 5.26 Å². The molecule has 1 heterocycles. The van der Waals surface area contributed by atoms with E-state index < -0.39 is 0 Å². The Labute approximate surface area is 95.3 Å². The number of hydrogen-bond acceptors (Lipinski definition) is 3. The first kappa shape index (κ1) is 9.85. The highest BCUT2D eigenvalue weighted by Crippen LogP contribution is 2.39. The van der Waals surface area contributed by atoms with E-state index in [0.29, 0.717) is 10.6 Å². The first-order valence-electron chi connectivity index (χ1n) is 3.93. The predicted molar refractivity (Wildman–Crippen MR) is 63.3 cm³/mol. The van der Waals surface area contributed by atoms with Crippen LogP contribution in [0, 0.1) is 11.3 Å². The Morgan fingerprint density at radius 1 is 1.50 bits per heavy atom. The van der Waals surface area contributed by atoms with Gasteiger partial charge in [-0.15, -0.1) is 23.1 Å². The fourth-order valence-electron chi connectivity index (χ4n) is 1.33. The number of thiophene rings is 1. The molecular weight excluding hydrogens is 234 g/mol. The van der Waals surface area contributed by atoms with Crippen LogP contribution in [0.3, 0.4) is 0 Å². The monoisotopic (exact) mass is 239 g/mol. The lowest BCUT2D eigenvalue weighted by Gasteiger charge is -1.93. The van der Waals surface area contributed by atoms with Gasteiger partial charge in [-0.3, -0.25) is 0 Å². The summed E-state index contributed by atoms with van der Waals surface area (Å²) in [5, 5.41) is 10.6. The van der Waals surface area contributed by atoms with E-state index in [2.05, 4.69) is 6.07 Å². The smallest absolute Gasteiger partial charge is 0.102 e. The Morgan fingerprint density at radius 2 is 2.29 bits per heavy atom. The summed E-state index contributed by atoms with van der Waals surface area (Å²) in [7, 11) is 0. The lowest BCUT2D eigenvalue weighted by atomic mass is 10.2. The molecule has 4 heteroatoms. The maximum Gasteiger partial charge on any atom is 0.102 e. The molecule has 0 spiro atoms. The molecule has 2 aromatic rings. The van der Waals surface area contributed by atoms with Crippen molar-refractivity contribution in [3.05, 3.63) is 28.8 Å². The van der Waals surface area contributed by atoms with E-state index in [9.17, 15) is 0 Å². The Hall–Kier alpha value is -0.690. The summed E-state index contributed by atoms with van der Waals surface area (Å²) in [5.74, 6) is 0. The molecule has 0 fully saturated rings. The minimum absolute atomic E-state index is 0.663. The van der Waals surface area contributed by atoms with Crippen LogP contribution in [0.4, 0.5) is 0 Å². The molecule has 1 nitrogen and oxygen atoms in total. The second kappa shape index (κ2) is 3.82. The summed E-state index contributed by atoms with van der Waals surface area (Å²) in [6.45, 7) is 0. The Bertz CT molecular complexity index is 525. The summed E-state index contributed by atoms with van der Waals surface area (Å²) in [4.78, 5) is 0. The quantitative estimate of drug-likeness (QED) is 0.698. The van der Waals surface area contributed by atoms with Crippen molar-refractivity contribution in [3.63, 3.8) is 0 Å². The van der Waals surface area contributed by atoms with Gasteiger partial charge in [0.15, 0.2) is 0 Å². The summed E-state index contributed by atoms with van der Waals surface area (Å²) >= 11 is 9.27. The highest BCUT2D eigenvalue weighted by molar-refractivity contribution is 8.00. The third-order valence-corrected chi connectivity index (χ3v) is 4.52. The molecule has 0 saturated heterocycles. The SMILES string of the molecule is CSc1sc2cccc(Cl)c2c1C#N. The molecule has 2 rings (SSSR count). The maximum atomic E-state index is 9.05. The largest absolute Gasteiger partial charge is 0.192 e. The van der Waals surface area contributed by atoms with Gasteiger partial charge in [-0.05, 0) is 18.4 Å². The second-order valence-corrected chi connectivity index (χ2v) is 5.23. The van der Waals surface area contributed by atoms with Gasteiger partial charge in [-0.25, -0.2) is 0 Å². The lowest BCUT2D eigenvalue weighted by molar-refractivity contribution is 1.48. The lowest BCUT2D eigenvalue weighted by Crippen LogP contribution is -1.73. The fraction of sp³-hybridized carbons (Fsp3) is 0.100. The molecule has 0 bridgehead atoms. The highest BCUT2D eigenvalue weighted by atomic mass is 35.5. The molecular formula is C10H6ClNS2. The first-order valence-corrected chi connectivity index (χ1v) is 6.35. The third-order valence-electron chi connectivity index (χ3n) is 1.93.